The van der Waals surface area contributed by atoms with Crippen LogP contribution >= 0.6 is 0 Å². The minimum absolute atomic E-state index is 0.0190. The zero-order valence-corrected chi connectivity index (χ0v) is 13.5. The minimum Gasteiger partial charge on any atom is -0.468 e. The Hall–Kier alpha value is -1.82. The van der Waals surface area contributed by atoms with E-state index in [-0.39, 0.29) is 17.9 Å². The Kier molecular flexibility index (Phi) is 5.24. The van der Waals surface area contributed by atoms with Crippen LogP contribution in [-0.4, -0.2) is 43.4 Å². The van der Waals surface area contributed by atoms with Gasteiger partial charge in [0, 0.05) is 13.6 Å². The lowest BCUT2D eigenvalue weighted by Gasteiger charge is -2.28. The Morgan fingerprint density at radius 1 is 1.32 bits per heavy atom. The summed E-state index contributed by atoms with van der Waals surface area (Å²) in [6.45, 7) is 6.31. The Balaban J connectivity index is 2.03. The number of rotatable bonds is 8. The van der Waals surface area contributed by atoms with Crippen LogP contribution in [0.3, 0.4) is 0 Å². The van der Waals surface area contributed by atoms with Crippen LogP contribution < -0.4 is 10.6 Å². The normalized spacial score (nSPS) is 17.1. The first kappa shape index (κ1) is 16.5. The molecule has 6 heteroatoms. The molecular weight excluding hydrogens is 282 g/mol. The van der Waals surface area contributed by atoms with Crippen molar-refractivity contribution < 1.29 is 14.0 Å². The van der Waals surface area contributed by atoms with Crippen LogP contribution in [0, 0.1) is 5.41 Å². The van der Waals surface area contributed by atoms with Crippen LogP contribution in [0.2, 0.25) is 0 Å². The molecule has 1 aliphatic rings. The lowest BCUT2D eigenvalue weighted by Crippen LogP contribution is -2.45. The summed E-state index contributed by atoms with van der Waals surface area (Å²) in [4.78, 5) is 26.5. The highest BCUT2D eigenvalue weighted by Gasteiger charge is 2.56. The highest BCUT2D eigenvalue weighted by atomic mass is 16.3. The molecule has 0 spiro atoms. The number of nitrogens with zero attached hydrogens (tertiary/aromatic N) is 1. The zero-order chi connectivity index (χ0) is 16.2. The summed E-state index contributed by atoms with van der Waals surface area (Å²) in [5.74, 6) is 0.451. The number of furan rings is 1. The quantitative estimate of drug-likeness (QED) is 0.710. The molecule has 1 atom stereocenters. The van der Waals surface area contributed by atoms with Crippen LogP contribution in [0.15, 0.2) is 22.8 Å². The summed E-state index contributed by atoms with van der Waals surface area (Å²) >= 11 is 0. The van der Waals surface area contributed by atoms with Crippen LogP contribution in [0.5, 0.6) is 0 Å². The van der Waals surface area contributed by atoms with Crippen LogP contribution in [0.25, 0.3) is 0 Å². The fourth-order valence-corrected chi connectivity index (χ4v) is 2.83. The van der Waals surface area contributed by atoms with Crippen LogP contribution in [0.1, 0.15) is 38.5 Å². The third kappa shape index (κ3) is 3.16. The number of likely N-dealkylation sites (N-methyl/N-ethyl adjacent to an activating group) is 1. The Morgan fingerprint density at radius 2 is 2.00 bits per heavy atom. The molecule has 0 saturated heterocycles. The molecule has 6 nitrogen and oxygen atoms in total. The molecule has 1 heterocycles. The molecule has 2 N–H and O–H groups in total. The molecule has 0 bridgehead atoms. The molecule has 0 aromatic carbocycles. The molecule has 122 valence electrons. The summed E-state index contributed by atoms with van der Waals surface area (Å²) in [5, 5.41) is 5.52. The van der Waals surface area contributed by atoms with Gasteiger partial charge >= 0.3 is 0 Å². The van der Waals surface area contributed by atoms with E-state index < -0.39 is 5.41 Å². The average molecular weight is 307 g/mol. The fraction of sp³-hybridized carbons (Fsp3) is 0.625. The van der Waals surface area contributed by atoms with Crippen molar-refractivity contribution in [3.8, 4) is 0 Å². The van der Waals surface area contributed by atoms with Crippen molar-refractivity contribution in [3.63, 3.8) is 0 Å². The largest absolute Gasteiger partial charge is 0.468 e. The van der Waals surface area contributed by atoms with Crippen molar-refractivity contribution in [2.24, 2.45) is 5.41 Å². The molecule has 22 heavy (non-hydrogen) atoms. The third-order valence-corrected chi connectivity index (χ3v) is 4.43. The predicted molar refractivity (Wildman–Crippen MR) is 83.1 cm³/mol. The SMILES string of the molecule is CCN(CC)[C@H](CNC(=O)C1(C(=O)NC)CC1)c1ccco1. The Morgan fingerprint density at radius 3 is 2.45 bits per heavy atom. The molecule has 2 rings (SSSR count). The minimum atomic E-state index is -0.855. The van der Waals surface area contributed by atoms with Gasteiger partial charge in [0.05, 0.1) is 12.3 Å². The first-order chi connectivity index (χ1) is 10.6. The zero-order valence-electron chi connectivity index (χ0n) is 13.5. The number of hydrogen-bond acceptors (Lipinski definition) is 4. The fourth-order valence-electron chi connectivity index (χ4n) is 2.83. The summed E-state index contributed by atoms with van der Waals surface area (Å²) < 4.78 is 5.51. The van der Waals surface area contributed by atoms with Crippen molar-refractivity contribution in [2.45, 2.75) is 32.7 Å². The second-order valence-corrected chi connectivity index (χ2v) is 5.62. The van der Waals surface area contributed by atoms with E-state index in [1.807, 2.05) is 12.1 Å². The smallest absolute Gasteiger partial charge is 0.235 e. The lowest BCUT2D eigenvalue weighted by atomic mass is 10.0. The first-order valence-electron chi connectivity index (χ1n) is 7.87. The van der Waals surface area contributed by atoms with Gasteiger partial charge in [-0.3, -0.25) is 14.5 Å². The van der Waals surface area contributed by atoms with Gasteiger partial charge in [-0.25, -0.2) is 0 Å². The summed E-state index contributed by atoms with van der Waals surface area (Å²) in [5.41, 5.74) is -0.855. The maximum atomic E-state index is 12.4. The van der Waals surface area contributed by atoms with Crippen molar-refractivity contribution >= 4 is 11.8 Å². The van der Waals surface area contributed by atoms with Gasteiger partial charge in [-0.1, -0.05) is 13.8 Å². The van der Waals surface area contributed by atoms with E-state index in [0.717, 1.165) is 18.8 Å². The van der Waals surface area contributed by atoms with Gasteiger partial charge in [-0.15, -0.1) is 0 Å². The Labute approximate surface area is 131 Å². The molecule has 1 saturated carbocycles. The average Bonchev–Trinajstić information content (AvgIpc) is 3.18. The molecule has 0 aliphatic heterocycles. The highest BCUT2D eigenvalue weighted by molar-refractivity contribution is 6.07. The number of carbonyl (C=O) groups excluding carboxylic acids is 2. The van der Waals surface area contributed by atoms with Crippen molar-refractivity contribution in [2.75, 3.05) is 26.7 Å². The van der Waals surface area contributed by atoms with Gasteiger partial charge in [-0.2, -0.15) is 0 Å². The van der Waals surface area contributed by atoms with Gasteiger partial charge in [0.2, 0.25) is 11.8 Å². The third-order valence-electron chi connectivity index (χ3n) is 4.43. The van der Waals surface area contributed by atoms with Gasteiger partial charge in [0.15, 0.2) is 0 Å². The van der Waals surface area contributed by atoms with Crippen molar-refractivity contribution in [3.05, 3.63) is 24.2 Å². The van der Waals surface area contributed by atoms with E-state index in [9.17, 15) is 9.59 Å². The summed E-state index contributed by atoms with van der Waals surface area (Å²) in [6.07, 6.45) is 2.88. The van der Waals surface area contributed by atoms with E-state index in [1.165, 1.54) is 0 Å². The van der Waals surface area contributed by atoms with Gasteiger partial charge in [0.1, 0.15) is 11.2 Å². The monoisotopic (exact) mass is 307 g/mol. The topological polar surface area (TPSA) is 74.6 Å². The van der Waals surface area contributed by atoms with Gasteiger partial charge in [0.25, 0.3) is 0 Å². The number of amides is 2. The molecule has 1 aromatic rings. The summed E-state index contributed by atoms with van der Waals surface area (Å²) in [6, 6.07) is 3.75. The van der Waals surface area contributed by atoms with Crippen LogP contribution in [-0.2, 0) is 9.59 Å². The maximum Gasteiger partial charge on any atom is 0.235 e. The lowest BCUT2D eigenvalue weighted by molar-refractivity contribution is -0.137. The second-order valence-electron chi connectivity index (χ2n) is 5.62. The second kappa shape index (κ2) is 6.96. The Bertz CT molecular complexity index is 505. The van der Waals surface area contributed by atoms with Gasteiger partial charge < -0.3 is 15.1 Å². The van der Waals surface area contributed by atoms with E-state index in [0.29, 0.717) is 19.4 Å². The first-order valence-corrected chi connectivity index (χ1v) is 7.87. The molecule has 1 aromatic heterocycles. The van der Waals surface area contributed by atoms with Crippen LogP contribution in [0.4, 0.5) is 0 Å². The molecular formula is C16H25N3O3. The molecule has 1 aliphatic carbocycles. The van der Waals surface area contributed by atoms with Crippen molar-refractivity contribution in [1.82, 2.24) is 15.5 Å². The van der Waals surface area contributed by atoms with E-state index >= 15 is 0 Å². The van der Waals surface area contributed by atoms with E-state index in [2.05, 4.69) is 29.4 Å². The maximum absolute atomic E-state index is 12.4. The number of nitrogens with one attached hydrogen (secondary N) is 2. The number of carbonyl (C=O) groups is 2. The standard InChI is InChI=1S/C16H25N3O3/c1-4-19(5-2)12(13-7-6-10-22-13)11-18-15(21)16(8-9-16)14(20)17-3/h6-7,10,12H,4-5,8-9,11H2,1-3H3,(H,17,20)(H,18,21)/t12-/m1/s1. The summed E-state index contributed by atoms with van der Waals surface area (Å²) in [7, 11) is 1.57. The molecule has 0 radical (unpaired) electrons. The van der Waals surface area contributed by atoms with E-state index in [4.69, 9.17) is 4.42 Å². The van der Waals surface area contributed by atoms with E-state index in [1.54, 1.807) is 13.3 Å². The predicted octanol–water partition coefficient (Wildman–Crippen LogP) is 1.30. The molecule has 2 amide bonds. The molecule has 0 unspecified atom stereocenters. The molecule has 1 fully saturated rings. The van der Waals surface area contributed by atoms with Gasteiger partial charge in [-0.05, 0) is 38.1 Å². The highest BCUT2D eigenvalue weighted by Crippen LogP contribution is 2.46. The number of hydrogen-bond donors (Lipinski definition) is 2. The van der Waals surface area contributed by atoms with Crippen molar-refractivity contribution in [1.29, 1.82) is 0 Å².